The third-order valence-electron chi connectivity index (χ3n) is 2.95. The van der Waals surface area contributed by atoms with E-state index in [2.05, 4.69) is 38.0 Å². The molecule has 0 saturated heterocycles. The molecule has 0 saturated carbocycles. The minimum Gasteiger partial charge on any atom is -0.378 e. The molecule has 0 aliphatic carbocycles. The smallest absolute Gasteiger partial charge is 0.185 e. The maximum absolute atomic E-state index is 5.24. The molecular formula is C14H27N3OS. The lowest BCUT2D eigenvalue weighted by Crippen LogP contribution is -2.19. The van der Waals surface area contributed by atoms with Gasteiger partial charge in [-0.3, -0.25) is 0 Å². The molecule has 0 aliphatic heterocycles. The number of rotatable bonds is 9. The molecule has 1 aromatic heterocycles. The van der Waals surface area contributed by atoms with Crippen LogP contribution in [0.5, 0.6) is 0 Å². The van der Waals surface area contributed by atoms with E-state index in [0.29, 0.717) is 6.61 Å². The monoisotopic (exact) mass is 285 g/mol. The van der Waals surface area contributed by atoms with Crippen LogP contribution in [0.4, 0.5) is 5.13 Å². The van der Waals surface area contributed by atoms with Gasteiger partial charge in [-0.15, -0.1) is 11.3 Å². The first-order valence-electron chi connectivity index (χ1n) is 6.97. The fourth-order valence-electron chi connectivity index (χ4n) is 1.71. The molecule has 0 amide bonds. The molecule has 0 aliphatic rings. The van der Waals surface area contributed by atoms with Gasteiger partial charge >= 0.3 is 0 Å². The second-order valence-corrected chi connectivity index (χ2v) is 6.25. The summed E-state index contributed by atoms with van der Waals surface area (Å²) in [5.74, 6) is 0.724. The molecule has 0 aromatic carbocycles. The molecule has 0 spiro atoms. The van der Waals surface area contributed by atoms with E-state index < -0.39 is 0 Å². The Hall–Kier alpha value is -0.650. The maximum atomic E-state index is 5.24. The number of nitrogens with zero attached hydrogens (tertiary/aromatic N) is 2. The van der Waals surface area contributed by atoms with Crippen molar-refractivity contribution in [3.8, 4) is 0 Å². The van der Waals surface area contributed by atoms with Crippen LogP contribution in [0.25, 0.3) is 0 Å². The summed E-state index contributed by atoms with van der Waals surface area (Å²) in [5, 5.41) is 4.46. The first kappa shape index (κ1) is 16.4. The maximum Gasteiger partial charge on any atom is 0.185 e. The highest BCUT2D eigenvalue weighted by Gasteiger charge is 2.13. The molecule has 5 heteroatoms. The van der Waals surface area contributed by atoms with Crippen LogP contribution in [0.1, 0.15) is 37.8 Å². The number of aromatic nitrogens is 1. The summed E-state index contributed by atoms with van der Waals surface area (Å²) >= 11 is 1.77. The summed E-state index contributed by atoms with van der Waals surface area (Å²) in [6.45, 7) is 10.1. The standard InChI is InChI=1S/C14H27N3OS/c1-6-15-9-13-12(10-18-5)16-14(19-13)17(4)8-7-11(2)3/h11,15H,6-10H2,1-5H3. The van der Waals surface area contributed by atoms with Crippen molar-refractivity contribution < 1.29 is 4.74 Å². The average Bonchev–Trinajstić information content (AvgIpc) is 2.77. The van der Waals surface area contributed by atoms with E-state index in [0.717, 1.165) is 36.4 Å². The molecule has 1 heterocycles. The van der Waals surface area contributed by atoms with Gasteiger partial charge in [-0.2, -0.15) is 0 Å². The summed E-state index contributed by atoms with van der Waals surface area (Å²) in [6.07, 6.45) is 1.19. The molecule has 19 heavy (non-hydrogen) atoms. The summed E-state index contributed by atoms with van der Waals surface area (Å²) in [6, 6.07) is 0. The van der Waals surface area contributed by atoms with Gasteiger partial charge in [-0.25, -0.2) is 4.98 Å². The molecule has 0 unspecified atom stereocenters. The predicted molar refractivity (Wildman–Crippen MR) is 82.9 cm³/mol. The highest BCUT2D eigenvalue weighted by Crippen LogP contribution is 2.26. The molecule has 1 N–H and O–H groups in total. The number of thiazole rings is 1. The van der Waals surface area contributed by atoms with Gasteiger partial charge in [-0.05, 0) is 18.9 Å². The fraction of sp³-hybridized carbons (Fsp3) is 0.786. The van der Waals surface area contributed by atoms with Crippen molar-refractivity contribution in [3.05, 3.63) is 10.6 Å². The molecule has 0 fully saturated rings. The molecule has 1 aromatic rings. The van der Waals surface area contributed by atoms with Crippen LogP contribution in [0, 0.1) is 5.92 Å². The highest BCUT2D eigenvalue weighted by atomic mass is 32.1. The Morgan fingerprint density at radius 3 is 2.74 bits per heavy atom. The van der Waals surface area contributed by atoms with Gasteiger partial charge in [0.2, 0.25) is 0 Å². The highest BCUT2D eigenvalue weighted by molar-refractivity contribution is 7.15. The van der Waals surface area contributed by atoms with Crippen molar-refractivity contribution in [2.24, 2.45) is 5.92 Å². The molecule has 0 radical (unpaired) electrons. The van der Waals surface area contributed by atoms with Crippen LogP contribution in [0.3, 0.4) is 0 Å². The van der Waals surface area contributed by atoms with Gasteiger partial charge in [-0.1, -0.05) is 20.8 Å². The van der Waals surface area contributed by atoms with Gasteiger partial charge < -0.3 is 15.0 Å². The number of hydrogen-bond donors (Lipinski definition) is 1. The number of nitrogens with one attached hydrogen (secondary N) is 1. The average molecular weight is 285 g/mol. The first-order chi connectivity index (χ1) is 9.08. The third kappa shape index (κ3) is 5.47. The summed E-state index contributed by atoms with van der Waals surface area (Å²) in [7, 11) is 3.84. The van der Waals surface area contributed by atoms with Crippen molar-refractivity contribution in [1.29, 1.82) is 0 Å². The Morgan fingerprint density at radius 1 is 1.42 bits per heavy atom. The van der Waals surface area contributed by atoms with Crippen LogP contribution in [0.15, 0.2) is 0 Å². The normalized spacial score (nSPS) is 11.3. The van der Waals surface area contributed by atoms with Gasteiger partial charge in [0.25, 0.3) is 0 Å². The van der Waals surface area contributed by atoms with E-state index in [1.54, 1.807) is 18.4 Å². The van der Waals surface area contributed by atoms with E-state index in [1.807, 2.05) is 0 Å². The topological polar surface area (TPSA) is 37.4 Å². The van der Waals surface area contributed by atoms with Crippen molar-refractivity contribution >= 4 is 16.5 Å². The zero-order chi connectivity index (χ0) is 14.3. The van der Waals surface area contributed by atoms with E-state index >= 15 is 0 Å². The van der Waals surface area contributed by atoms with Crippen LogP contribution >= 0.6 is 11.3 Å². The van der Waals surface area contributed by atoms with E-state index in [9.17, 15) is 0 Å². The molecule has 110 valence electrons. The van der Waals surface area contributed by atoms with Gasteiger partial charge in [0.15, 0.2) is 5.13 Å². The Kier molecular flexibility index (Phi) is 7.34. The number of methoxy groups -OCH3 is 1. The largest absolute Gasteiger partial charge is 0.378 e. The first-order valence-corrected chi connectivity index (χ1v) is 7.79. The molecular weight excluding hydrogens is 258 g/mol. The van der Waals surface area contributed by atoms with E-state index in [1.165, 1.54) is 11.3 Å². The van der Waals surface area contributed by atoms with Crippen molar-refractivity contribution in [2.45, 2.75) is 40.3 Å². The SMILES string of the molecule is CCNCc1sc(N(C)CCC(C)C)nc1COC. The Morgan fingerprint density at radius 2 is 2.16 bits per heavy atom. The second-order valence-electron chi connectivity index (χ2n) is 5.18. The van der Waals surface area contributed by atoms with E-state index in [4.69, 9.17) is 9.72 Å². The van der Waals surface area contributed by atoms with Crippen LogP contribution in [-0.2, 0) is 17.9 Å². The minimum atomic E-state index is 0.593. The van der Waals surface area contributed by atoms with Crippen molar-refractivity contribution in [1.82, 2.24) is 10.3 Å². The lowest BCUT2D eigenvalue weighted by molar-refractivity contribution is 0.181. The molecule has 4 nitrogen and oxygen atoms in total. The minimum absolute atomic E-state index is 0.593. The van der Waals surface area contributed by atoms with Gasteiger partial charge in [0.1, 0.15) is 0 Å². The zero-order valence-corrected chi connectivity index (χ0v) is 13.6. The Bertz CT molecular complexity index is 366. The number of hydrogen-bond acceptors (Lipinski definition) is 5. The van der Waals surface area contributed by atoms with E-state index in [-0.39, 0.29) is 0 Å². The lowest BCUT2D eigenvalue weighted by Gasteiger charge is -2.16. The summed E-state index contributed by atoms with van der Waals surface area (Å²) < 4.78 is 5.24. The van der Waals surface area contributed by atoms with Crippen LogP contribution in [0.2, 0.25) is 0 Å². The predicted octanol–water partition coefficient (Wildman–Crippen LogP) is 2.88. The molecule has 0 atom stereocenters. The molecule has 1 rings (SSSR count). The van der Waals surface area contributed by atoms with Gasteiger partial charge in [0, 0.05) is 32.1 Å². The van der Waals surface area contributed by atoms with Crippen molar-refractivity contribution in [2.75, 3.05) is 32.1 Å². The quantitative estimate of drug-likeness (QED) is 0.757. The summed E-state index contributed by atoms with van der Waals surface area (Å²) in [5.41, 5.74) is 1.07. The van der Waals surface area contributed by atoms with Crippen molar-refractivity contribution in [3.63, 3.8) is 0 Å². The molecule has 0 bridgehead atoms. The van der Waals surface area contributed by atoms with Crippen LogP contribution in [-0.4, -0.2) is 32.2 Å². The van der Waals surface area contributed by atoms with Gasteiger partial charge in [0.05, 0.1) is 12.3 Å². The fourth-order valence-corrected chi connectivity index (χ4v) is 2.73. The Balaban J connectivity index is 2.71. The number of anilines is 1. The second kappa shape index (κ2) is 8.51. The lowest BCUT2D eigenvalue weighted by atomic mass is 10.1. The third-order valence-corrected chi connectivity index (χ3v) is 4.16. The summed E-state index contributed by atoms with van der Waals surface area (Å²) in [4.78, 5) is 8.25. The Labute approximate surface area is 121 Å². The zero-order valence-electron chi connectivity index (χ0n) is 12.8. The van der Waals surface area contributed by atoms with Crippen LogP contribution < -0.4 is 10.2 Å². The number of ether oxygens (including phenoxy) is 1.